The summed E-state index contributed by atoms with van der Waals surface area (Å²) in [4.78, 5) is 35.6. The van der Waals surface area contributed by atoms with Crippen molar-refractivity contribution in [1.29, 1.82) is 0 Å². The predicted molar refractivity (Wildman–Crippen MR) is 226 cm³/mol. The van der Waals surface area contributed by atoms with Gasteiger partial charge in [0.05, 0.1) is 6.61 Å². The van der Waals surface area contributed by atoms with E-state index in [0.717, 1.165) is 83.5 Å². The van der Waals surface area contributed by atoms with Gasteiger partial charge in [0.1, 0.15) is 43.2 Å². The second-order valence-corrected chi connectivity index (χ2v) is 16.6. The minimum atomic E-state index is -5.12. The van der Waals surface area contributed by atoms with Crippen molar-refractivity contribution in [2.45, 2.75) is 204 Å². The number of aliphatic hydroxyl groups excluding tert-OH is 5. The number of hydrogen-bond donors (Lipinski definition) is 6. The highest BCUT2D eigenvalue weighted by Crippen LogP contribution is 2.47. The Balaban J connectivity index is 2.51. The summed E-state index contributed by atoms with van der Waals surface area (Å²) in [5.74, 6) is -1.14. The van der Waals surface area contributed by atoms with Gasteiger partial charge in [0.2, 0.25) is 0 Å². The van der Waals surface area contributed by atoms with Gasteiger partial charge in [-0.3, -0.25) is 18.6 Å². The summed E-state index contributed by atoms with van der Waals surface area (Å²) in [6, 6.07) is 0. The summed E-state index contributed by atoms with van der Waals surface area (Å²) >= 11 is 0. The summed E-state index contributed by atoms with van der Waals surface area (Å²) in [5.41, 5.74) is 0. The second-order valence-electron chi connectivity index (χ2n) is 15.2. The molecular formula is C44H77O13P. The lowest BCUT2D eigenvalue weighted by Gasteiger charge is -2.41. The highest BCUT2D eigenvalue weighted by Gasteiger charge is 2.51. The maximum absolute atomic E-state index is 12.8. The van der Waals surface area contributed by atoms with E-state index in [2.05, 4.69) is 62.5 Å². The SMILES string of the molecule is CCCCC/C=C/C/C=C/C/C=C/CCCCCCC(=O)O[C@H](COC(=O)CCCCCCC/C=C/CCCCC)COP(=O)(O)OC1C(O)C(O)C(O)[C@@H](O)C1O. The standard InChI is InChI=1S/C44H77O13P/c1-3-5-7-9-11-13-15-17-18-19-20-21-23-25-27-29-31-33-38(46)56-36(34-54-37(45)32-30-28-26-24-22-16-14-12-10-8-6-4-2)35-55-58(52,53)57-44-42(50)40(48)39(47)41(49)43(44)51/h11-14,17-18,20-21,36,39-44,47-51H,3-10,15-16,19,22-35H2,1-2H3,(H,52,53)/b13-11+,14-12+,18-17+,21-20+/t36-,39?,40-,41?,42?,43?,44?/m1/s1. The van der Waals surface area contributed by atoms with Gasteiger partial charge in [-0.05, 0) is 77.0 Å². The van der Waals surface area contributed by atoms with Crippen molar-refractivity contribution in [3.05, 3.63) is 48.6 Å². The number of ether oxygens (including phenoxy) is 2. The maximum Gasteiger partial charge on any atom is 0.472 e. The molecule has 0 aromatic heterocycles. The van der Waals surface area contributed by atoms with Gasteiger partial charge in [0.15, 0.2) is 6.10 Å². The molecular weight excluding hydrogens is 767 g/mol. The Kier molecular flexibility index (Phi) is 32.0. The number of aliphatic hydroxyl groups is 5. The lowest BCUT2D eigenvalue weighted by Crippen LogP contribution is -2.64. The van der Waals surface area contributed by atoms with Crippen molar-refractivity contribution < 1.29 is 63.1 Å². The molecule has 6 N–H and O–H groups in total. The van der Waals surface area contributed by atoms with Gasteiger partial charge in [-0.1, -0.05) is 120 Å². The molecule has 0 saturated heterocycles. The average Bonchev–Trinajstić information content (AvgIpc) is 3.20. The maximum atomic E-state index is 12.8. The lowest BCUT2D eigenvalue weighted by atomic mass is 9.85. The molecule has 8 atom stereocenters. The summed E-state index contributed by atoms with van der Waals surface area (Å²) in [7, 11) is -5.12. The monoisotopic (exact) mass is 845 g/mol. The van der Waals surface area contributed by atoms with Gasteiger partial charge in [-0.2, -0.15) is 0 Å². The van der Waals surface area contributed by atoms with E-state index < -0.39 is 75.7 Å². The number of phosphoric ester groups is 1. The molecule has 1 aliphatic carbocycles. The van der Waals surface area contributed by atoms with Crippen molar-refractivity contribution in [1.82, 2.24) is 0 Å². The largest absolute Gasteiger partial charge is 0.472 e. The van der Waals surface area contributed by atoms with Crippen LogP contribution in [0.15, 0.2) is 48.6 Å². The van der Waals surface area contributed by atoms with E-state index in [1.807, 2.05) is 0 Å². The van der Waals surface area contributed by atoms with Gasteiger partial charge >= 0.3 is 19.8 Å². The van der Waals surface area contributed by atoms with Gasteiger partial charge in [-0.25, -0.2) is 4.57 Å². The van der Waals surface area contributed by atoms with Crippen LogP contribution >= 0.6 is 7.82 Å². The van der Waals surface area contributed by atoms with Gasteiger partial charge in [0.25, 0.3) is 0 Å². The quantitative estimate of drug-likeness (QED) is 0.0155. The van der Waals surface area contributed by atoms with Crippen LogP contribution < -0.4 is 0 Å². The van der Waals surface area contributed by atoms with E-state index in [9.17, 15) is 44.6 Å². The molecule has 6 unspecified atom stereocenters. The zero-order valence-corrected chi connectivity index (χ0v) is 36.2. The Morgan fingerprint density at radius 1 is 0.534 bits per heavy atom. The van der Waals surface area contributed by atoms with Crippen LogP contribution in [0.1, 0.15) is 162 Å². The minimum absolute atomic E-state index is 0.0681. The molecule has 1 rings (SSSR count). The van der Waals surface area contributed by atoms with E-state index in [1.165, 1.54) is 38.5 Å². The molecule has 0 radical (unpaired) electrons. The van der Waals surface area contributed by atoms with Crippen LogP contribution in [0.4, 0.5) is 0 Å². The number of esters is 2. The first-order chi connectivity index (χ1) is 27.9. The number of phosphoric acid groups is 1. The Bertz CT molecular complexity index is 1210. The minimum Gasteiger partial charge on any atom is -0.462 e. The molecule has 0 bridgehead atoms. The molecule has 1 aliphatic rings. The van der Waals surface area contributed by atoms with Crippen LogP contribution in [0.3, 0.4) is 0 Å². The van der Waals surface area contributed by atoms with Crippen LogP contribution in [0.5, 0.6) is 0 Å². The van der Waals surface area contributed by atoms with Gasteiger partial charge in [0, 0.05) is 12.8 Å². The number of allylic oxidation sites excluding steroid dienone is 8. The van der Waals surface area contributed by atoms with Crippen LogP contribution in [0.2, 0.25) is 0 Å². The van der Waals surface area contributed by atoms with Gasteiger partial charge in [-0.15, -0.1) is 0 Å². The summed E-state index contributed by atoms with van der Waals surface area (Å²) in [6.07, 6.45) is 26.0. The summed E-state index contributed by atoms with van der Waals surface area (Å²) in [6.45, 7) is 3.20. The highest BCUT2D eigenvalue weighted by atomic mass is 31.2. The fourth-order valence-corrected chi connectivity index (χ4v) is 7.26. The molecule has 1 fully saturated rings. The van der Waals surface area contributed by atoms with Crippen molar-refractivity contribution >= 4 is 19.8 Å². The molecule has 0 aromatic rings. The van der Waals surface area contributed by atoms with Crippen LogP contribution in [0, 0.1) is 0 Å². The third-order valence-corrected chi connectivity index (χ3v) is 10.9. The predicted octanol–water partition coefficient (Wildman–Crippen LogP) is 8.00. The topological polar surface area (TPSA) is 210 Å². The summed E-state index contributed by atoms with van der Waals surface area (Å²) < 4.78 is 33.4. The van der Waals surface area contributed by atoms with Crippen molar-refractivity contribution in [2.75, 3.05) is 13.2 Å². The number of unbranched alkanes of at least 4 members (excludes halogenated alkanes) is 15. The van der Waals surface area contributed by atoms with Gasteiger partial charge < -0.3 is 39.9 Å². The number of rotatable bonds is 35. The first-order valence-corrected chi connectivity index (χ1v) is 23.4. The molecule has 13 nitrogen and oxygen atoms in total. The molecule has 0 amide bonds. The molecule has 336 valence electrons. The molecule has 0 aliphatic heterocycles. The first-order valence-electron chi connectivity index (χ1n) is 21.9. The number of hydrogen-bond acceptors (Lipinski definition) is 12. The van der Waals surface area contributed by atoms with Crippen LogP contribution in [-0.2, 0) is 32.7 Å². The zero-order valence-electron chi connectivity index (χ0n) is 35.3. The highest BCUT2D eigenvalue weighted by molar-refractivity contribution is 7.47. The number of carbonyl (C=O) groups is 2. The van der Waals surface area contributed by atoms with Crippen LogP contribution in [-0.4, -0.2) is 98.3 Å². The Morgan fingerprint density at radius 3 is 1.43 bits per heavy atom. The third kappa shape index (κ3) is 26.8. The molecule has 14 heteroatoms. The molecule has 58 heavy (non-hydrogen) atoms. The molecule has 0 spiro atoms. The molecule has 0 aromatic carbocycles. The lowest BCUT2D eigenvalue weighted by molar-refractivity contribution is -0.220. The number of carbonyl (C=O) groups excluding carboxylic acids is 2. The third-order valence-electron chi connectivity index (χ3n) is 9.89. The molecule has 1 saturated carbocycles. The first kappa shape index (κ1) is 53.8. The van der Waals surface area contributed by atoms with Crippen molar-refractivity contribution in [3.8, 4) is 0 Å². The average molecular weight is 845 g/mol. The van der Waals surface area contributed by atoms with Crippen LogP contribution in [0.25, 0.3) is 0 Å². The zero-order chi connectivity index (χ0) is 42.9. The van der Waals surface area contributed by atoms with E-state index in [1.54, 1.807) is 0 Å². The smallest absolute Gasteiger partial charge is 0.462 e. The Labute approximate surface area is 348 Å². The summed E-state index contributed by atoms with van der Waals surface area (Å²) in [5, 5.41) is 50.1. The van der Waals surface area contributed by atoms with E-state index in [-0.39, 0.29) is 12.8 Å². The second kappa shape index (κ2) is 34.5. The van der Waals surface area contributed by atoms with E-state index in [0.29, 0.717) is 12.8 Å². The Hall–Kier alpha value is -2.19. The van der Waals surface area contributed by atoms with E-state index in [4.69, 9.17) is 18.5 Å². The Morgan fingerprint density at radius 2 is 0.931 bits per heavy atom. The normalized spacial score (nSPS) is 23.0. The van der Waals surface area contributed by atoms with E-state index >= 15 is 0 Å². The fraction of sp³-hybridized carbons (Fsp3) is 0.773. The fourth-order valence-electron chi connectivity index (χ4n) is 6.29. The van der Waals surface area contributed by atoms with Crippen molar-refractivity contribution in [2.24, 2.45) is 0 Å². The molecule has 0 heterocycles. The van der Waals surface area contributed by atoms with Crippen molar-refractivity contribution in [3.63, 3.8) is 0 Å².